The number of likely N-dealkylation sites (tertiary alicyclic amines) is 1. The lowest BCUT2D eigenvalue weighted by molar-refractivity contribution is -0.148. The summed E-state index contributed by atoms with van der Waals surface area (Å²) in [7, 11) is 1.38. The van der Waals surface area contributed by atoms with Crippen molar-refractivity contribution in [2.45, 2.75) is 25.3 Å². The molecule has 7 nitrogen and oxygen atoms in total. The van der Waals surface area contributed by atoms with Gasteiger partial charge in [-0.15, -0.1) is 0 Å². The Bertz CT molecular complexity index is 369. The second-order valence-electron chi connectivity index (χ2n) is 4.77. The van der Waals surface area contributed by atoms with Gasteiger partial charge in [-0.25, -0.2) is 4.79 Å². The average molecular weight is 269 g/mol. The number of nitrogens with one attached hydrogen (secondary N) is 1. The zero-order chi connectivity index (χ0) is 13.8. The predicted octanol–water partition coefficient (Wildman–Crippen LogP) is -0.434. The van der Waals surface area contributed by atoms with Gasteiger partial charge in [0.1, 0.15) is 6.04 Å². The van der Waals surface area contributed by atoms with Gasteiger partial charge in [0.05, 0.1) is 13.7 Å². The zero-order valence-corrected chi connectivity index (χ0v) is 11.1. The third kappa shape index (κ3) is 3.04. The summed E-state index contributed by atoms with van der Waals surface area (Å²) >= 11 is 0. The van der Waals surface area contributed by atoms with Gasteiger partial charge in [0.25, 0.3) is 0 Å². The number of piperidine rings is 1. The minimum Gasteiger partial charge on any atom is -0.468 e. The fourth-order valence-electron chi connectivity index (χ4n) is 2.57. The molecular formula is C12H19N3O4. The molecule has 19 heavy (non-hydrogen) atoms. The van der Waals surface area contributed by atoms with Crippen LogP contribution in [0.1, 0.15) is 19.3 Å². The number of carbonyl (C=O) groups excluding carboxylic acids is 3. The molecule has 7 heteroatoms. The van der Waals surface area contributed by atoms with E-state index >= 15 is 0 Å². The van der Waals surface area contributed by atoms with Crippen LogP contribution in [0.25, 0.3) is 0 Å². The van der Waals surface area contributed by atoms with Crippen molar-refractivity contribution in [3.63, 3.8) is 0 Å². The third-order valence-electron chi connectivity index (χ3n) is 3.63. The SMILES string of the molecule is COC(=O)C1CCCCN1CCN1C(=O)CNC1=O. The molecule has 0 saturated carbocycles. The van der Waals surface area contributed by atoms with Gasteiger partial charge in [-0.2, -0.15) is 0 Å². The van der Waals surface area contributed by atoms with Crippen LogP contribution in [0, 0.1) is 0 Å². The lowest BCUT2D eigenvalue weighted by Crippen LogP contribution is -2.48. The van der Waals surface area contributed by atoms with Crippen LogP contribution in [0.3, 0.4) is 0 Å². The maximum absolute atomic E-state index is 11.7. The maximum atomic E-state index is 11.7. The molecule has 1 N–H and O–H groups in total. The number of hydrogen-bond acceptors (Lipinski definition) is 5. The van der Waals surface area contributed by atoms with Gasteiger partial charge in [-0.05, 0) is 19.4 Å². The van der Waals surface area contributed by atoms with Crippen molar-refractivity contribution in [3.05, 3.63) is 0 Å². The van der Waals surface area contributed by atoms with Crippen LogP contribution in [-0.2, 0) is 14.3 Å². The highest BCUT2D eigenvalue weighted by molar-refractivity contribution is 6.01. The molecule has 0 aromatic carbocycles. The van der Waals surface area contributed by atoms with E-state index in [0.717, 1.165) is 25.8 Å². The normalized spacial score (nSPS) is 24.5. The van der Waals surface area contributed by atoms with E-state index in [1.54, 1.807) is 0 Å². The zero-order valence-electron chi connectivity index (χ0n) is 11.1. The predicted molar refractivity (Wildman–Crippen MR) is 66.3 cm³/mol. The Kier molecular flexibility index (Phi) is 4.36. The first-order valence-corrected chi connectivity index (χ1v) is 6.53. The van der Waals surface area contributed by atoms with Crippen molar-refractivity contribution < 1.29 is 19.1 Å². The van der Waals surface area contributed by atoms with Gasteiger partial charge in [-0.3, -0.25) is 19.4 Å². The Morgan fingerprint density at radius 3 is 2.79 bits per heavy atom. The first kappa shape index (κ1) is 13.8. The summed E-state index contributed by atoms with van der Waals surface area (Å²) in [4.78, 5) is 37.7. The summed E-state index contributed by atoms with van der Waals surface area (Å²) in [5.41, 5.74) is 0. The molecule has 1 atom stereocenters. The smallest absolute Gasteiger partial charge is 0.324 e. The molecule has 0 bridgehead atoms. The van der Waals surface area contributed by atoms with Crippen LogP contribution in [0.2, 0.25) is 0 Å². The fourth-order valence-corrected chi connectivity index (χ4v) is 2.57. The van der Waals surface area contributed by atoms with Gasteiger partial charge in [0.15, 0.2) is 0 Å². The first-order valence-electron chi connectivity index (χ1n) is 6.53. The second-order valence-corrected chi connectivity index (χ2v) is 4.77. The van der Waals surface area contributed by atoms with E-state index in [0.29, 0.717) is 13.1 Å². The molecule has 106 valence electrons. The number of nitrogens with zero attached hydrogens (tertiary/aromatic N) is 2. The van der Waals surface area contributed by atoms with Gasteiger partial charge >= 0.3 is 12.0 Å². The summed E-state index contributed by atoms with van der Waals surface area (Å²) in [5, 5.41) is 2.48. The average Bonchev–Trinajstić information content (AvgIpc) is 2.75. The molecule has 2 heterocycles. The number of rotatable bonds is 4. The minimum atomic E-state index is -0.350. The first-order chi connectivity index (χ1) is 9.13. The molecule has 2 rings (SSSR count). The van der Waals surface area contributed by atoms with Crippen molar-refractivity contribution >= 4 is 17.9 Å². The topological polar surface area (TPSA) is 79.0 Å². The highest BCUT2D eigenvalue weighted by atomic mass is 16.5. The Hall–Kier alpha value is -1.63. The molecule has 0 aromatic heterocycles. The molecule has 2 aliphatic heterocycles. The number of ether oxygens (including phenoxy) is 1. The molecule has 1 unspecified atom stereocenters. The molecule has 0 aliphatic carbocycles. The maximum Gasteiger partial charge on any atom is 0.324 e. The Labute approximate surface area is 111 Å². The van der Waals surface area contributed by atoms with Crippen molar-refractivity contribution in [2.24, 2.45) is 0 Å². The van der Waals surface area contributed by atoms with E-state index in [1.807, 2.05) is 4.90 Å². The summed E-state index contributed by atoms with van der Waals surface area (Å²) in [6.45, 7) is 1.69. The number of hydrogen-bond donors (Lipinski definition) is 1. The minimum absolute atomic E-state index is 0.0687. The number of amides is 3. The van der Waals surface area contributed by atoms with Crippen LogP contribution in [0.15, 0.2) is 0 Å². The lowest BCUT2D eigenvalue weighted by Gasteiger charge is -2.34. The van der Waals surface area contributed by atoms with Crippen molar-refractivity contribution in [2.75, 3.05) is 33.3 Å². The Morgan fingerprint density at radius 1 is 1.37 bits per heavy atom. The van der Waals surface area contributed by atoms with Gasteiger partial charge in [-0.1, -0.05) is 6.42 Å². The van der Waals surface area contributed by atoms with Crippen LogP contribution >= 0.6 is 0 Å². The highest BCUT2D eigenvalue weighted by Gasteiger charge is 2.32. The summed E-state index contributed by atoms with van der Waals surface area (Å²) in [6.07, 6.45) is 2.79. The van der Waals surface area contributed by atoms with E-state index in [2.05, 4.69) is 5.32 Å². The molecular weight excluding hydrogens is 250 g/mol. The number of imide groups is 1. The van der Waals surface area contributed by atoms with Gasteiger partial charge in [0, 0.05) is 13.1 Å². The highest BCUT2D eigenvalue weighted by Crippen LogP contribution is 2.18. The molecule has 2 aliphatic rings. The van der Waals surface area contributed by atoms with E-state index in [4.69, 9.17) is 4.74 Å². The van der Waals surface area contributed by atoms with Crippen molar-refractivity contribution in [3.8, 4) is 0 Å². The van der Waals surface area contributed by atoms with E-state index in [1.165, 1.54) is 12.0 Å². The molecule has 0 radical (unpaired) electrons. The van der Waals surface area contributed by atoms with Crippen molar-refractivity contribution in [1.82, 2.24) is 15.1 Å². The fraction of sp³-hybridized carbons (Fsp3) is 0.750. The molecule has 0 aromatic rings. The molecule has 2 saturated heterocycles. The summed E-state index contributed by atoms with van der Waals surface area (Å²) < 4.78 is 4.79. The molecule has 0 spiro atoms. The third-order valence-corrected chi connectivity index (χ3v) is 3.63. The number of esters is 1. The van der Waals surface area contributed by atoms with E-state index in [9.17, 15) is 14.4 Å². The number of carbonyl (C=O) groups is 3. The Morgan fingerprint density at radius 2 is 2.16 bits per heavy atom. The van der Waals surface area contributed by atoms with Crippen LogP contribution in [-0.4, -0.2) is 67.0 Å². The van der Waals surface area contributed by atoms with E-state index in [-0.39, 0.29) is 30.5 Å². The Balaban J connectivity index is 1.91. The van der Waals surface area contributed by atoms with Gasteiger partial charge < -0.3 is 10.1 Å². The lowest BCUT2D eigenvalue weighted by atomic mass is 10.0. The number of methoxy groups -OCH3 is 1. The number of urea groups is 1. The van der Waals surface area contributed by atoms with Crippen molar-refractivity contribution in [1.29, 1.82) is 0 Å². The monoisotopic (exact) mass is 269 g/mol. The summed E-state index contributed by atoms with van der Waals surface area (Å²) in [6, 6.07) is -0.601. The largest absolute Gasteiger partial charge is 0.468 e. The molecule has 3 amide bonds. The van der Waals surface area contributed by atoms with Gasteiger partial charge in [0.2, 0.25) is 5.91 Å². The van der Waals surface area contributed by atoms with Crippen LogP contribution in [0.4, 0.5) is 4.79 Å². The summed E-state index contributed by atoms with van der Waals surface area (Å²) in [5.74, 6) is -0.450. The van der Waals surface area contributed by atoms with Crippen LogP contribution < -0.4 is 5.32 Å². The van der Waals surface area contributed by atoms with E-state index < -0.39 is 0 Å². The van der Waals surface area contributed by atoms with Crippen LogP contribution in [0.5, 0.6) is 0 Å². The second kappa shape index (κ2) is 6.01. The standard InChI is InChI=1S/C12H19N3O4/c1-19-11(17)9-4-2-3-5-14(9)6-7-15-10(16)8-13-12(15)18/h9H,2-8H2,1H3,(H,13,18). The molecule has 2 fully saturated rings. The quantitative estimate of drug-likeness (QED) is 0.553.